The van der Waals surface area contributed by atoms with Gasteiger partial charge in [0.1, 0.15) is 17.1 Å². The van der Waals surface area contributed by atoms with E-state index in [0.717, 1.165) is 67.2 Å². The summed E-state index contributed by atoms with van der Waals surface area (Å²) in [6.07, 6.45) is 3.69. The molecule has 0 aliphatic heterocycles. The highest BCUT2D eigenvalue weighted by Gasteiger charge is 2.28. The number of phenolic OH excluding ortho intramolecular Hbond substituents is 1. The molecule has 228 valence electrons. The number of rotatable bonds is 5. The number of imidazole rings is 1. The zero-order valence-electron chi connectivity index (χ0n) is 27.6. The summed E-state index contributed by atoms with van der Waals surface area (Å²) in [5, 5.41) is 11.8. The van der Waals surface area contributed by atoms with E-state index in [2.05, 4.69) is 120 Å². The van der Waals surface area contributed by atoms with Crippen LogP contribution in [0.3, 0.4) is 0 Å². The van der Waals surface area contributed by atoms with Gasteiger partial charge in [-0.3, -0.25) is 9.97 Å². The highest BCUT2D eigenvalue weighted by atomic mass is 16.3. The Morgan fingerprint density at radius 3 is 2.00 bits per heavy atom. The highest BCUT2D eigenvalue weighted by molar-refractivity contribution is 5.94. The number of hydrogen-bond donors (Lipinski definition) is 1. The second-order valence-electron chi connectivity index (χ2n) is 14.2. The minimum atomic E-state index is -0.249. The molecule has 45 heavy (non-hydrogen) atoms. The van der Waals surface area contributed by atoms with E-state index in [-0.39, 0.29) is 22.6 Å². The summed E-state index contributed by atoms with van der Waals surface area (Å²) < 4.78 is 2.23. The molecule has 0 aliphatic rings. The van der Waals surface area contributed by atoms with E-state index in [1.54, 1.807) is 0 Å². The monoisotopic (exact) mass is 594 g/mol. The molecule has 0 aliphatic carbocycles. The van der Waals surface area contributed by atoms with Crippen molar-refractivity contribution in [2.75, 3.05) is 0 Å². The molecule has 6 rings (SSSR count). The number of benzene rings is 3. The van der Waals surface area contributed by atoms with E-state index in [4.69, 9.17) is 9.97 Å². The Labute approximate surface area is 266 Å². The molecule has 3 heterocycles. The predicted octanol–water partition coefficient (Wildman–Crippen LogP) is 10.4. The number of nitrogens with zero attached hydrogens (tertiary/aromatic N) is 4. The molecule has 5 heteroatoms. The van der Waals surface area contributed by atoms with Gasteiger partial charge in [-0.05, 0) is 83.8 Å². The summed E-state index contributed by atoms with van der Waals surface area (Å²) in [5.41, 5.74) is 10.1. The van der Waals surface area contributed by atoms with Gasteiger partial charge in [0, 0.05) is 35.1 Å². The first kappa shape index (κ1) is 30.3. The molecule has 5 nitrogen and oxygen atoms in total. The first-order chi connectivity index (χ1) is 21.3. The van der Waals surface area contributed by atoms with Crippen LogP contribution in [-0.2, 0) is 10.8 Å². The lowest BCUT2D eigenvalue weighted by Gasteiger charge is -2.27. The van der Waals surface area contributed by atoms with Crippen molar-refractivity contribution >= 4 is 11.0 Å². The Hall–Kier alpha value is -4.77. The summed E-state index contributed by atoms with van der Waals surface area (Å²) in [6, 6.07) is 29.3. The number of hydrogen-bond acceptors (Lipinski definition) is 4. The van der Waals surface area contributed by atoms with Crippen LogP contribution in [0.25, 0.3) is 56.1 Å². The van der Waals surface area contributed by atoms with Crippen LogP contribution in [-0.4, -0.2) is 24.6 Å². The van der Waals surface area contributed by atoms with Crippen molar-refractivity contribution in [2.24, 2.45) is 0 Å². The highest BCUT2D eigenvalue weighted by Crippen LogP contribution is 2.44. The fourth-order valence-electron chi connectivity index (χ4n) is 6.00. The van der Waals surface area contributed by atoms with Crippen molar-refractivity contribution < 1.29 is 5.11 Å². The SMILES string of the molecule is CC(C)n1c(-c2cc(C(C)(C)C)cc(C(C)(C)C)c2O)nc2c(-c3cc(-c4ccccc4)cc(-c4ccccn4)c3)nccc21. The molecular formula is C40H42N4O. The molecular weight excluding hydrogens is 552 g/mol. The number of phenols is 1. The van der Waals surface area contributed by atoms with Crippen LogP contribution in [0, 0.1) is 0 Å². The van der Waals surface area contributed by atoms with Gasteiger partial charge in [0.2, 0.25) is 0 Å². The van der Waals surface area contributed by atoms with Gasteiger partial charge in [-0.25, -0.2) is 4.98 Å². The molecule has 0 spiro atoms. The van der Waals surface area contributed by atoms with Gasteiger partial charge in [-0.15, -0.1) is 0 Å². The molecule has 0 saturated heterocycles. The average molecular weight is 595 g/mol. The minimum absolute atomic E-state index is 0.0933. The van der Waals surface area contributed by atoms with Gasteiger partial charge in [0.25, 0.3) is 0 Å². The molecule has 0 atom stereocenters. The first-order valence-electron chi connectivity index (χ1n) is 15.7. The molecule has 6 aromatic rings. The zero-order chi connectivity index (χ0) is 32.1. The van der Waals surface area contributed by atoms with Gasteiger partial charge in [-0.1, -0.05) is 84.0 Å². The molecule has 3 aromatic heterocycles. The maximum Gasteiger partial charge on any atom is 0.145 e. The lowest BCUT2D eigenvalue weighted by atomic mass is 9.79. The minimum Gasteiger partial charge on any atom is -0.507 e. The Balaban J connectivity index is 1.65. The van der Waals surface area contributed by atoms with Crippen molar-refractivity contribution in [1.82, 2.24) is 19.5 Å². The molecule has 3 aromatic carbocycles. The van der Waals surface area contributed by atoms with E-state index in [0.29, 0.717) is 0 Å². The van der Waals surface area contributed by atoms with Gasteiger partial charge in [0.15, 0.2) is 0 Å². The summed E-state index contributed by atoms with van der Waals surface area (Å²) in [4.78, 5) is 14.9. The second-order valence-corrected chi connectivity index (χ2v) is 14.2. The zero-order valence-corrected chi connectivity index (χ0v) is 27.6. The van der Waals surface area contributed by atoms with Gasteiger partial charge in [-0.2, -0.15) is 0 Å². The van der Waals surface area contributed by atoms with Crippen molar-refractivity contribution in [1.29, 1.82) is 0 Å². The lowest BCUT2D eigenvalue weighted by Crippen LogP contribution is -2.17. The Morgan fingerprint density at radius 2 is 1.36 bits per heavy atom. The maximum absolute atomic E-state index is 11.8. The summed E-state index contributed by atoms with van der Waals surface area (Å²) in [7, 11) is 0. The molecule has 0 radical (unpaired) electrons. The van der Waals surface area contributed by atoms with E-state index in [1.807, 2.05) is 42.7 Å². The maximum atomic E-state index is 11.8. The van der Waals surface area contributed by atoms with Crippen LogP contribution < -0.4 is 0 Å². The number of pyridine rings is 2. The van der Waals surface area contributed by atoms with Crippen LogP contribution in [0.4, 0.5) is 0 Å². The summed E-state index contributed by atoms with van der Waals surface area (Å²) >= 11 is 0. The Morgan fingerprint density at radius 1 is 0.667 bits per heavy atom. The van der Waals surface area contributed by atoms with Crippen LogP contribution in [0.5, 0.6) is 5.75 Å². The van der Waals surface area contributed by atoms with Gasteiger partial charge < -0.3 is 9.67 Å². The molecule has 0 bridgehead atoms. The van der Waals surface area contributed by atoms with Crippen molar-refractivity contribution in [3.8, 4) is 50.8 Å². The normalized spacial score (nSPS) is 12.3. The number of aromatic nitrogens is 4. The van der Waals surface area contributed by atoms with E-state index >= 15 is 0 Å². The third-order valence-electron chi connectivity index (χ3n) is 8.42. The van der Waals surface area contributed by atoms with Crippen molar-refractivity contribution in [3.05, 3.63) is 108 Å². The van der Waals surface area contributed by atoms with E-state index in [1.165, 1.54) is 0 Å². The topological polar surface area (TPSA) is 63.8 Å². The predicted molar refractivity (Wildman–Crippen MR) is 187 cm³/mol. The molecule has 0 unspecified atom stereocenters. The lowest BCUT2D eigenvalue weighted by molar-refractivity contribution is 0.445. The van der Waals surface area contributed by atoms with Crippen LogP contribution >= 0.6 is 0 Å². The fourth-order valence-corrected chi connectivity index (χ4v) is 6.00. The smallest absolute Gasteiger partial charge is 0.145 e. The van der Waals surface area contributed by atoms with E-state index < -0.39 is 0 Å². The summed E-state index contributed by atoms with van der Waals surface area (Å²) in [6.45, 7) is 17.4. The van der Waals surface area contributed by atoms with Gasteiger partial charge in [0.05, 0.1) is 22.5 Å². The Kier molecular flexibility index (Phi) is 7.60. The second kappa shape index (κ2) is 11.3. The third kappa shape index (κ3) is 5.75. The van der Waals surface area contributed by atoms with Crippen molar-refractivity contribution in [2.45, 2.75) is 72.3 Å². The first-order valence-corrected chi connectivity index (χ1v) is 15.7. The number of aromatic hydroxyl groups is 1. The molecule has 0 saturated carbocycles. The molecule has 0 amide bonds. The molecule has 1 N–H and O–H groups in total. The molecule has 0 fully saturated rings. The van der Waals surface area contributed by atoms with Crippen LogP contribution in [0.2, 0.25) is 0 Å². The largest absolute Gasteiger partial charge is 0.507 e. The van der Waals surface area contributed by atoms with Gasteiger partial charge >= 0.3 is 0 Å². The fraction of sp³-hybridized carbons (Fsp3) is 0.275. The average Bonchev–Trinajstić information content (AvgIpc) is 3.40. The Bertz CT molecular complexity index is 1940. The summed E-state index contributed by atoms with van der Waals surface area (Å²) in [5.74, 6) is 1.03. The quantitative estimate of drug-likeness (QED) is 0.216. The van der Waals surface area contributed by atoms with E-state index in [9.17, 15) is 5.11 Å². The van der Waals surface area contributed by atoms with Crippen LogP contribution in [0.15, 0.2) is 97.3 Å². The van der Waals surface area contributed by atoms with Crippen molar-refractivity contribution in [3.63, 3.8) is 0 Å². The number of fused-ring (bicyclic) bond motifs is 1. The third-order valence-corrected chi connectivity index (χ3v) is 8.42. The standard InChI is InChI=1S/C40H42N4O/c1-25(2)44-34-17-19-42-35(29-21-27(26-14-10-9-11-15-26)20-28(22-29)33-16-12-13-18-41-33)36(34)43-38(44)31-23-30(39(3,4)5)24-32(37(31)45)40(6,7)8/h9-25,45H,1-8H3. The van der Waals surface area contributed by atoms with Crippen LogP contribution in [0.1, 0.15) is 72.6 Å².